The fourth-order valence-corrected chi connectivity index (χ4v) is 3.31. The molecule has 0 fully saturated rings. The molecule has 1 heterocycles. The summed E-state index contributed by atoms with van der Waals surface area (Å²) in [5, 5.41) is 4.83. The molecule has 2 aromatic carbocycles. The van der Waals surface area contributed by atoms with Gasteiger partial charge in [0.15, 0.2) is 18.1 Å². The van der Waals surface area contributed by atoms with Gasteiger partial charge in [0, 0.05) is 16.5 Å². The first-order chi connectivity index (χ1) is 15.0. The monoisotopic (exact) mass is 487 g/mol. The minimum absolute atomic E-state index is 0.260. The number of nitrogens with zero attached hydrogens (tertiary/aromatic N) is 3. The van der Waals surface area contributed by atoms with Crippen molar-refractivity contribution < 1.29 is 19.0 Å². The second-order valence-electron chi connectivity index (χ2n) is 6.38. The summed E-state index contributed by atoms with van der Waals surface area (Å²) in [6.45, 7) is 3.60. The molecule has 0 aliphatic carbocycles. The van der Waals surface area contributed by atoms with Crippen LogP contribution in [0.4, 0.5) is 0 Å². The van der Waals surface area contributed by atoms with Crippen molar-refractivity contribution in [2.75, 3.05) is 20.3 Å². The van der Waals surface area contributed by atoms with Crippen LogP contribution in [0.1, 0.15) is 25.2 Å². The number of aryl methyl sites for hydroxylation is 1. The van der Waals surface area contributed by atoms with E-state index >= 15 is 0 Å². The minimum atomic E-state index is -0.495. The van der Waals surface area contributed by atoms with E-state index in [4.69, 9.17) is 14.2 Å². The molecule has 9 heteroatoms. The van der Waals surface area contributed by atoms with E-state index in [9.17, 15) is 9.59 Å². The average Bonchev–Trinajstić information content (AvgIpc) is 2.77. The van der Waals surface area contributed by atoms with Gasteiger partial charge < -0.3 is 14.2 Å². The Bertz CT molecular complexity index is 1190. The van der Waals surface area contributed by atoms with Crippen LogP contribution < -0.4 is 15.0 Å². The largest absolute Gasteiger partial charge is 0.493 e. The lowest BCUT2D eigenvalue weighted by molar-refractivity contribution is -0.145. The third-order valence-electron chi connectivity index (χ3n) is 4.37. The van der Waals surface area contributed by atoms with E-state index in [2.05, 4.69) is 26.0 Å². The molecule has 3 rings (SSSR count). The SMILES string of the molecule is CCOC(=O)COc1c(C=Nn2c(CC)nc3ccc(Br)cc3c2=O)cccc1OC. The van der Waals surface area contributed by atoms with Gasteiger partial charge >= 0.3 is 5.97 Å². The average molecular weight is 488 g/mol. The van der Waals surface area contributed by atoms with Crippen LogP contribution in [-0.2, 0) is 16.0 Å². The number of benzene rings is 2. The van der Waals surface area contributed by atoms with Gasteiger partial charge in [0.05, 0.1) is 30.8 Å². The van der Waals surface area contributed by atoms with Crippen molar-refractivity contribution in [3.63, 3.8) is 0 Å². The number of para-hydroxylation sites is 1. The van der Waals surface area contributed by atoms with Crippen molar-refractivity contribution in [1.29, 1.82) is 0 Å². The first-order valence-corrected chi connectivity index (χ1v) is 10.5. The van der Waals surface area contributed by atoms with Crippen LogP contribution in [0, 0.1) is 0 Å². The highest BCUT2D eigenvalue weighted by Gasteiger charge is 2.14. The molecule has 0 unspecified atom stereocenters. The summed E-state index contributed by atoms with van der Waals surface area (Å²) in [5.41, 5.74) is 0.861. The lowest BCUT2D eigenvalue weighted by Crippen LogP contribution is -2.22. The van der Waals surface area contributed by atoms with Gasteiger partial charge in [0.25, 0.3) is 5.56 Å². The molecule has 3 aromatic rings. The normalized spacial score (nSPS) is 11.1. The first-order valence-electron chi connectivity index (χ1n) is 9.69. The second kappa shape index (κ2) is 10.2. The van der Waals surface area contributed by atoms with Crippen LogP contribution in [0.15, 0.2) is 50.8 Å². The Morgan fingerprint density at radius 1 is 1.26 bits per heavy atom. The van der Waals surface area contributed by atoms with E-state index in [1.165, 1.54) is 18.0 Å². The van der Waals surface area contributed by atoms with Crippen molar-refractivity contribution >= 4 is 39.0 Å². The first kappa shape index (κ1) is 22.5. The Hall–Kier alpha value is -3.20. The Morgan fingerprint density at radius 3 is 2.77 bits per heavy atom. The molecular formula is C22H22BrN3O5. The van der Waals surface area contributed by atoms with Crippen molar-refractivity contribution in [3.05, 3.63) is 62.6 Å². The highest BCUT2D eigenvalue weighted by molar-refractivity contribution is 9.10. The van der Waals surface area contributed by atoms with Gasteiger partial charge in [-0.2, -0.15) is 9.78 Å². The number of carbonyl (C=O) groups is 1. The molecule has 8 nitrogen and oxygen atoms in total. The topological polar surface area (TPSA) is 92.0 Å². The zero-order valence-corrected chi connectivity index (χ0v) is 19.0. The maximum atomic E-state index is 13.0. The third kappa shape index (κ3) is 5.11. The van der Waals surface area contributed by atoms with Crippen LogP contribution in [0.25, 0.3) is 10.9 Å². The molecule has 0 saturated heterocycles. The maximum Gasteiger partial charge on any atom is 0.344 e. The molecule has 0 radical (unpaired) electrons. The molecule has 0 bridgehead atoms. The summed E-state index contributed by atoms with van der Waals surface area (Å²) in [6.07, 6.45) is 2.00. The van der Waals surface area contributed by atoms with Crippen LogP contribution in [0.5, 0.6) is 11.5 Å². The molecule has 0 saturated carbocycles. The number of rotatable bonds is 8. The van der Waals surface area contributed by atoms with Gasteiger partial charge in [-0.05, 0) is 37.3 Å². The quantitative estimate of drug-likeness (QED) is 0.356. The molecule has 31 heavy (non-hydrogen) atoms. The van der Waals surface area contributed by atoms with Crippen molar-refractivity contribution in [2.45, 2.75) is 20.3 Å². The number of hydrogen-bond donors (Lipinski definition) is 0. The number of esters is 1. The number of carbonyl (C=O) groups excluding carboxylic acids is 1. The summed E-state index contributed by atoms with van der Waals surface area (Å²) in [6, 6.07) is 10.6. The molecule has 0 aliphatic heterocycles. The van der Waals surface area contributed by atoms with E-state index in [1.807, 2.05) is 13.0 Å². The minimum Gasteiger partial charge on any atom is -0.493 e. The Balaban J connectivity index is 2.03. The predicted molar refractivity (Wildman–Crippen MR) is 121 cm³/mol. The van der Waals surface area contributed by atoms with Gasteiger partial charge in [0.2, 0.25) is 0 Å². The molecule has 0 atom stereocenters. The van der Waals surface area contributed by atoms with E-state index in [1.54, 1.807) is 37.3 Å². The van der Waals surface area contributed by atoms with Gasteiger partial charge in [-0.3, -0.25) is 4.79 Å². The van der Waals surface area contributed by atoms with Crippen LogP contribution in [0.2, 0.25) is 0 Å². The molecule has 0 aliphatic rings. The number of hydrogen-bond acceptors (Lipinski definition) is 7. The Morgan fingerprint density at radius 2 is 2.06 bits per heavy atom. The molecule has 1 aromatic heterocycles. The summed E-state index contributed by atoms with van der Waals surface area (Å²) in [7, 11) is 1.50. The summed E-state index contributed by atoms with van der Waals surface area (Å²) in [5.74, 6) is 0.777. The van der Waals surface area contributed by atoms with Gasteiger partial charge in [-0.25, -0.2) is 9.78 Å². The van der Waals surface area contributed by atoms with Gasteiger partial charge in [-0.15, -0.1) is 0 Å². The maximum absolute atomic E-state index is 13.0. The Kier molecular flexibility index (Phi) is 7.41. The number of fused-ring (bicyclic) bond motifs is 1. The van der Waals surface area contributed by atoms with Crippen LogP contribution in [0.3, 0.4) is 0 Å². The molecular weight excluding hydrogens is 466 g/mol. The van der Waals surface area contributed by atoms with Gasteiger partial charge in [-0.1, -0.05) is 28.9 Å². The second-order valence-corrected chi connectivity index (χ2v) is 7.29. The number of aromatic nitrogens is 2. The zero-order valence-electron chi connectivity index (χ0n) is 17.4. The number of ether oxygens (including phenoxy) is 3. The molecule has 0 amide bonds. The summed E-state index contributed by atoms with van der Waals surface area (Å²) in [4.78, 5) is 29.3. The third-order valence-corrected chi connectivity index (χ3v) is 4.87. The molecule has 0 N–H and O–H groups in total. The van der Waals surface area contributed by atoms with Crippen molar-refractivity contribution in [2.24, 2.45) is 5.10 Å². The van der Waals surface area contributed by atoms with Gasteiger partial charge in [0.1, 0.15) is 5.82 Å². The predicted octanol–water partition coefficient (Wildman–Crippen LogP) is 3.55. The smallest absolute Gasteiger partial charge is 0.344 e. The highest BCUT2D eigenvalue weighted by atomic mass is 79.9. The number of halogens is 1. The molecule has 162 valence electrons. The standard InChI is InChI=1S/C22H22BrN3O5/c1-4-19-25-17-10-9-15(23)11-16(17)22(28)26(19)24-12-14-7-6-8-18(29-3)21(14)31-13-20(27)30-5-2/h6-12H,4-5,13H2,1-3H3. The summed E-state index contributed by atoms with van der Waals surface area (Å²) >= 11 is 3.39. The fourth-order valence-electron chi connectivity index (χ4n) is 2.95. The lowest BCUT2D eigenvalue weighted by Gasteiger charge is -2.13. The van der Waals surface area contributed by atoms with Crippen LogP contribution in [-0.4, -0.2) is 42.2 Å². The van der Waals surface area contributed by atoms with E-state index < -0.39 is 5.97 Å². The van der Waals surface area contributed by atoms with Crippen LogP contribution >= 0.6 is 15.9 Å². The lowest BCUT2D eigenvalue weighted by atomic mass is 10.2. The zero-order chi connectivity index (χ0) is 22.4. The summed E-state index contributed by atoms with van der Waals surface area (Å²) < 4.78 is 17.9. The highest BCUT2D eigenvalue weighted by Crippen LogP contribution is 2.30. The van der Waals surface area contributed by atoms with E-state index in [0.29, 0.717) is 40.2 Å². The van der Waals surface area contributed by atoms with Crippen molar-refractivity contribution in [1.82, 2.24) is 9.66 Å². The number of methoxy groups -OCH3 is 1. The molecule has 0 spiro atoms. The van der Waals surface area contributed by atoms with E-state index in [-0.39, 0.29) is 18.8 Å². The van der Waals surface area contributed by atoms with Crippen molar-refractivity contribution in [3.8, 4) is 11.5 Å². The fraction of sp³-hybridized carbons (Fsp3) is 0.273. The van der Waals surface area contributed by atoms with E-state index in [0.717, 1.165) is 4.47 Å². The Labute approximate surface area is 187 Å².